The highest BCUT2D eigenvalue weighted by Gasteiger charge is 2.30. The van der Waals surface area contributed by atoms with Crippen molar-refractivity contribution in [3.05, 3.63) is 59.8 Å². The number of fused-ring (bicyclic) bond motifs is 1. The van der Waals surface area contributed by atoms with E-state index in [0.29, 0.717) is 22.3 Å². The van der Waals surface area contributed by atoms with Gasteiger partial charge in [0.25, 0.3) is 5.91 Å². The molecule has 23 heavy (non-hydrogen) atoms. The summed E-state index contributed by atoms with van der Waals surface area (Å²) in [6.45, 7) is 0. The molecule has 0 saturated carbocycles. The van der Waals surface area contributed by atoms with Crippen LogP contribution >= 0.6 is 0 Å². The van der Waals surface area contributed by atoms with Crippen LogP contribution in [0.1, 0.15) is 15.9 Å². The second kappa shape index (κ2) is 5.05. The summed E-state index contributed by atoms with van der Waals surface area (Å²) in [6, 6.07) is 9.59. The minimum absolute atomic E-state index is 0.257. The summed E-state index contributed by atoms with van der Waals surface area (Å²) < 4.78 is 39.5. The van der Waals surface area contributed by atoms with E-state index in [1.54, 1.807) is 22.8 Å². The number of alkyl halides is 3. The molecule has 1 aromatic heterocycles. The van der Waals surface area contributed by atoms with Crippen LogP contribution in [0.25, 0.3) is 16.6 Å². The molecule has 0 saturated heterocycles. The van der Waals surface area contributed by atoms with Gasteiger partial charge in [0.05, 0.1) is 16.6 Å². The van der Waals surface area contributed by atoms with Gasteiger partial charge in [-0.1, -0.05) is 0 Å². The van der Waals surface area contributed by atoms with Gasteiger partial charge >= 0.3 is 6.18 Å². The zero-order valence-electron chi connectivity index (χ0n) is 11.8. The predicted molar refractivity (Wildman–Crippen MR) is 81.2 cm³/mol. The summed E-state index contributed by atoms with van der Waals surface area (Å²) in [5.41, 5.74) is 12.2. The van der Waals surface area contributed by atoms with E-state index in [-0.39, 0.29) is 5.56 Å². The Bertz CT molecular complexity index is 895. The number of hydrogen-bond acceptors (Lipinski definition) is 2. The molecule has 0 spiro atoms. The Kier molecular flexibility index (Phi) is 3.28. The zero-order chi connectivity index (χ0) is 16.8. The lowest BCUT2D eigenvalue weighted by Crippen LogP contribution is -2.10. The Morgan fingerprint density at radius 2 is 1.70 bits per heavy atom. The highest BCUT2D eigenvalue weighted by atomic mass is 19.4. The summed E-state index contributed by atoms with van der Waals surface area (Å²) in [5, 5.41) is 0.553. The second-order valence-corrected chi connectivity index (χ2v) is 5.10. The molecule has 4 nitrogen and oxygen atoms in total. The number of nitrogen functional groups attached to an aromatic ring is 1. The van der Waals surface area contributed by atoms with Gasteiger partial charge < -0.3 is 16.0 Å². The number of amides is 1. The third kappa shape index (κ3) is 2.61. The van der Waals surface area contributed by atoms with Crippen molar-refractivity contribution in [1.29, 1.82) is 0 Å². The van der Waals surface area contributed by atoms with Crippen LogP contribution in [0.2, 0.25) is 0 Å². The maximum atomic E-state index is 12.6. The maximum absolute atomic E-state index is 12.6. The smallest absolute Gasteiger partial charge is 0.399 e. The minimum atomic E-state index is -4.40. The predicted octanol–water partition coefficient (Wildman–Crippen LogP) is 3.33. The first-order valence-electron chi connectivity index (χ1n) is 6.65. The van der Waals surface area contributed by atoms with Crippen LogP contribution in [0.5, 0.6) is 0 Å². The molecule has 4 N–H and O–H groups in total. The molecule has 1 amide bonds. The van der Waals surface area contributed by atoms with Crippen molar-refractivity contribution in [3.63, 3.8) is 0 Å². The van der Waals surface area contributed by atoms with Crippen molar-refractivity contribution in [2.24, 2.45) is 5.73 Å². The molecule has 0 atom stereocenters. The fraction of sp³-hybridized carbons (Fsp3) is 0.0625. The van der Waals surface area contributed by atoms with Gasteiger partial charge in [0.1, 0.15) is 0 Å². The highest BCUT2D eigenvalue weighted by molar-refractivity contribution is 6.07. The topological polar surface area (TPSA) is 74.0 Å². The molecule has 0 aliphatic carbocycles. The number of primary amides is 1. The SMILES string of the molecule is NC(=O)c1cn(-c2ccc(C(F)(F)F)cc2)c2ccc(N)cc12. The third-order valence-electron chi connectivity index (χ3n) is 3.57. The Hall–Kier alpha value is -2.96. The van der Waals surface area contributed by atoms with Gasteiger partial charge in [-0.25, -0.2) is 0 Å². The van der Waals surface area contributed by atoms with E-state index < -0.39 is 17.6 Å². The first-order chi connectivity index (χ1) is 10.8. The van der Waals surface area contributed by atoms with Gasteiger partial charge in [0.2, 0.25) is 0 Å². The number of nitrogens with two attached hydrogens (primary N) is 2. The normalized spacial score (nSPS) is 11.8. The van der Waals surface area contributed by atoms with E-state index in [2.05, 4.69) is 0 Å². The van der Waals surface area contributed by atoms with E-state index >= 15 is 0 Å². The zero-order valence-corrected chi connectivity index (χ0v) is 11.8. The Morgan fingerprint density at radius 1 is 1.04 bits per heavy atom. The molecular weight excluding hydrogens is 307 g/mol. The molecule has 0 unspecified atom stereocenters. The number of aromatic nitrogens is 1. The van der Waals surface area contributed by atoms with Crippen LogP contribution in [0.15, 0.2) is 48.7 Å². The average molecular weight is 319 g/mol. The number of benzene rings is 2. The van der Waals surface area contributed by atoms with Gasteiger partial charge in [-0.05, 0) is 42.5 Å². The number of hydrogen-bond donors (Lipinski definition) is 2. The number of anilines is 1. The summed E-state index contributed by atoms with van der Waals surface area (Å²) in [6.07, 6.45) is -2.90. The van der Waals surface area contributed by atoms with E-state index in [0.717, 1.165) is 12.1 Å². The molecule has 2 aromatic carbocycles. The molecule has 0 fully saturated rings. The van der Waals surface area contributed by atoms with Crippen molar-refractivity contribution < 1.29 is 18.0 Å². The largest absolute Gasteiger partial charge is 0.416 e. The number of halogens is 3. The van der Waals surface area contributed by atoms with Gasteiger partial charge in [0, 0.05) is 23.0 Å². The summed E-state index contributed by atoms with van der Waals surface area (Å²) >= 11 is 0. The number of rotatable bonds is 2. The lowest BCUT2D eigenvalue weighted by molar-refractivity contribution is -0.137. The van der Waals surface area contributed by atoms with Crippen LogP contribution in [-0.2, 0) is 6.18 Å². The van der Waals surface area contributed by atoms with E-state index in [1.807, 2.05) is 0 Å². The van der Waals surface area contributed by atoms with Crippen LogP contribution < -0.4 is 11.5 Å². The Balaban J connectivity index is 2.18. The molecule has 3 rings (SSSR count). The Morgan fingerprint density at radius 3 is 2.26 bits per heavy atom. The van der Waals surface area contributed by atoms with Crippen LogP contribution in [0, 0.1) is 0 Å². The van der Waals surface area contributed by atoms with Crippen LogP contribution in [0.3, 0.4) is 0 Å². The fourth-order valence-electron chi connectivity index (χ4n) is 2.47. The molecule has 0 radical (unpaired) electrons. The molecular formula is C16H12F3N3O. The quantitative estimate of drug-likeness (QED) is 0.711. The Labute approximate surface area is 129 Å². The third-order valence-corrected chi connectivity index (χ3v) is 3.57. The van der Waals surface area contributed by atoms with Crippen molar-refractivity contribution in [2.75, 3.05) is 5.73 Å². The molecule has 3 aromatic rings. The maximum Gasteiger partial charge on any atom is 0.416 e. The first kappa shape index (κ1) is 15.0. The minimum Gasteiger partial charge on any atom is -0.399 e. The lowest BCUT2D eigenvalue weighted by atomic mass is 10.1. The van der Waals surface area contributed by atoms with E-state index in [4.69, 9.17) is 11.5 Å². The summed E-state index contributed by atoms with van der Waals surface area (Å²) in [4.78, 5) is 11.6. The first-order valence-corrected chi connectivity index (χ1v) is 6.65. The number of carbonyl (C=O) groups is 1. The number of nitrogens with zero attached hydrogens (tertiary/aromatic N) is 1. The van der Waals surface area contributed by atoms with Gasteiger partial charge in [-0.3, -0.25) is 4.79 Å². The molecule has 118 valence electrons. The molecule has 0 bridgehead atoms. The lowest BCUT2D eigenvalue weighted by Gasteiger charge is -2.09. The highest BCUT2D eigenvalue weighted by Crippen LogP contribution is 2.31. The van der Waals surface area contributed by atoms with Gasteiger partial charge in [-0.15, -0.1) is 0 Å². The van der Waals surface area contributed by atoms with Crippen LogP contribution in [0.4, 0.5) is 18.9 Å². The van der Waals surface area contributed by atoms with Crippen molar-refractivity contribution in [3.8, 4) is 5.69 Å². The summed E-state index contributed by atoms with van der Waals surface area (Å²) in [5.74, 6) is -0.633. The number of carbonyl (C=O) groups excluding carboxylic acids is 1. The monoisotopic (exact) mass is 319 g/mol. The van der Waals surface area contributed by atoms with Gasteiger partial charge in [0.15, 0.2) is 0 Å². The van der Waals surface area contributed by atoms with Crippen molar-refractivity contribution in [2.45, 2.75) is 6.18 Å². The standard InChI is InChI=1S/C16H12F3N3O/c17-16(18,19)9-1-4-11(5-2-9)22-8-13(15(21)23)12-7-10(20)3-6-14(12)22/h1-8H,20H2,(H2,21,23). The van der Waals surface area contributed by atoms with E-state index in [1.165, 1.54) is 18.3 Å². The fourth-order valence-corrected chi connectivity index (χ4v) is 2.47. The van der Waals surface area contributed by atoms with Crippen molar-refractivity contribution >= 4 is 22.5 Å². The molecule has 7 heteroatoms. The second-order valence-electron chi connectivity index (χ2n) is 5.10. The van der Waals surface area contributed by atoms with E-state index in [9.17, 15) is 18.0 Å². The van der Waals surface area contributed by atoms with Crippen molar-refractivity contribution in [1.82, 2.24) is 4.57 Å². The molecule has 0 aliphatic rings. The summed E-state index contributed by atoms with van der Waals surface area (Å²) in [7, 11) is 0. The van der Waals surface area contributed by atoms with Crippen LogP contribution in [-0.4, -0.2) is 10.5 Å². The molecule has 0 aliphatic heterocycles. The molecule has 1 heterocycles. The van der Waals surface area contributed by atoms with Gasteiger partial charge in [-0.2, -0.15) is 13.2 Å². The average Bonchev–Trinajstić information content (AvgIpc) is 2.85.